The number of benzene rings is 1. The molecule has 0 aliphatic carbocycles. The van der Waals surface area contributed by atoms with Crippen LogP contribution in [0.3, 0.4) is 0 Å². The summed E-state index contributed by atoms with van der Waals surface area (Å²) in [5, 5.41) is 0. The van der Waals surface area contributed by atoms with Crippen LogP contribution in [0.4, 0.5) is 11.8 Å². The molecule has 0 unspecified atom stereocenters. The molecule has 1 heterocycles. The van der Waals surface area contributed by atoms with E-state index in [1.807, 2.05) is 6.92 Å². The van der Waals surface area contributed by atoms with Crippen molar-refractivity contribution in [1.29, 1.82) is 0 Å². The van der Waals surface area contributed by atoms with Crippen LogP contribution in [0.5, 0.6) is 0 Å². The first-order valence-electron chi connectivity index (χ1n) is 8.46. The first-order chi connectivity index (χ1) is 11.0. The summed E-state index contributed by atoms with van der Waals surface area (Å²) in [7, 11) is 0. The van der Waals surface area contributed by atoms with Gasteiger partial charge in [0.15, 0.2) is 0 Å². The van der Waals surface area contributed by atoms with Crippen molar-refractivity contribution >= 4 is 11.8 Å². The van der Waals surface area contributed by atoms with Crippen molar-refractivity contribution in [2.24, 2.45) is 0 Å². The van der Waals surface area contributed by atoms with Crippen LogP contribution in [0, 0.1) is 6.92 Å². The molecule has 0 saturated carbocycles. The predicted octanol–water partition coefficient (Wildman–Crippen LogP) is 4.05. The fourth-order valence-electron chi connectivity index (χ4n) is 2.64. The number of aryl methyl sites for hydroxylation is 1. The zero-order valence-corrected chi connectivity index (χ0v) is 15.0. The SMILES string of the molecule is CCN(CC)c1nc(C)cc(N(Cc2ccccc2)C(C)C)n1. The Morgan fingerprint density at radius 2 is 1.65 bits per heavy atom. The van der Waals surface area contributed by atoms with Gasteiger partial charge in [-0.2, -0.15) is 4.98 Å². The van der Waals surface area contributed by atoms with Gasteiger partial charge in [0.1, 0.15) is 5.82 Å². The van der Waals surface area contributed by atoms with Gasteiger partial charge in [-0.1, -0.05) is 30.3 Å². The van der Waals surface area contributed by atoms with Crippen LogP contribution in [0.15, 0.2) is 36.4 Å². The Morgan fingerprint density at radius 3 is 2.22 bits per heavy atom. The van der Waals surface area contributed by atoms with Crippen molar-refractivity contribution in [2.45, 2.75) is 47.2 Å². The Labute approximate surface area is 140 Å². The zero-order valence-electron chi connectivity index (χ0n) is 15.0. The summed E-state index contributed by atoms with van der Waals surface area (Å²) in [4.78, 5) is 14.0. The topological polar surface area (TPSA) is 32.3 Å². The molecule has 1 aromatic heterocycles. The van der Waals surface area contributed by atoms with Crippen molar-refractivity contribution in [1.82, 2.24) is 9.97 Å². The minimum Gasteiger partial charge on any atom is -0.350 e. The average Bonchev–Trinajstić information content (AvgIpc) is 2.54. The predicted molar refractivity (Wildman–Crippen MR) is 98.1 cm³/mol. The number of rotatable bonds is 7. The molecule has 0 saturated heterocycles. The monoisotopic (exact) mass is 312 g/mol. The fraction of sp³-hybridized carbons (Fsp3) is 0.474. The van der Waals surface area contributed by atoms with Crippen LogP contribution >= 0.6 is 0 Å². The van der Waals surface area contributed by atoms with Gasteiger partial charge in [-0.3, -0.25) is 0 Å². The summed E-state index contributed by atoms with van der Waals surface area (Å²) in [5.41, 5.74) is 2.30. The number of hydrogen-bond acceptors (Lipinski definition) is 4. The van der Waals surface area contributed by atoms with E-state index in [0.29, 0.717) is 6.04 Å². The zero-order chi connectivity index (χ0) is 16.8. The maximum Gasteiger partial charge on any atom is 0.227 e. The molecule has 4 heteroatoms. The maximum atomic E-state index is 4.83. The molecule has 2 rings (SSSR count). The second kappa shape index (κ2) is 7.95. The second-order valence-electron chi connectivity index (χ2n) is 6.05. The molecule has 0 bridgehead atoms. The summed E-state index contributed by atoms with van der Waals surface area (Å²) >= 11 is 0. The lowest BCUT2D eigenvalue weighted by molar-refractivity contribution is 0.668. The molecular weight excluding hydrogens is 284 g/mol. The molecular formula is C19H28N4. The Morgan fingerprint density at radius 1 is 1.00 bits per heavy atom. The Kier molecular flexibility index (Phi) is 5.97. The molecule has 4 nitrogen and oxygen atoms in total. The first-order valence-corrected chi connectivity index (χ1v) is 8.46. The maximum absolute atomic E-state index is 4.83. The van der Waals surface area contributed by atoms with Gasteiger partial charge >= 0.3 is 0 Å². The standard InChI is InChI=1S/C19H28N4/c1-6-22(7-2)19-20-16(5)13-18(21-19)23(15(3)4)14-17-11-9-8-10-12-17/h8-13,15H,6-7,14H2,1-5H3. The van der Waals surface area contributed by atoms with E-state index >= 15 is 0 Å². The Balaban J connectivity index is 2.35. The summed E-state index contributed by atoms with van der Waals surface area (Å²) < 4.78 is 0. The number of anilines is 2. The quantitative estimate of drug-likeness (QED) is 0.772. The van der Waals surface area contributed by atoms with Gasteiger partial charge in [0, 0.05) is 37.4 Å². The molecule has 2 aromatic rings. The highest BCUT2D eigenvalue weighted by atomic mass is 15.3. The lowest BCUT2D eigenvalue weighted by atomic mass is 10.2. The van der Waals surface area contributed by atoms with Crippen molar-refractivity contribution in [3.05, 3.63) is 47.7 Å². The van der Waals surface area contributed by atoms with Crippen LogP contribution in [-0.2, 0) is 6.54 Å². The third kappa shape index (κ3) is 4.44. The third-order valence-electron chi connectivity index (χ3n) is 3.99. The van der Waals surface area contributed by atoms with Crippen LogP contribution in [0.1, 0.15) is 39.0 Å². The molecule has 0 N–H and O–H groups in total. The lowest BCUT2D eigenvalue weighted by Gasteiger charge is -2.29. The van der Waals surface area contributed by atoms with Crippen LogP contribution in [0.25, 0.3) is 0 Å². The molecule has 0 aliphatic rings. The molecule has 0 radical (unpaired) electrons. The summed E-state index contributed by atoms with van der Waals surface area (Å²) in [5.74, 6) is 1.82. The highest BCUT2D eigenvalue weighted by molar-refractivity contribution is 5.47. The molecule has 23 heavy (non-hydrogen) atoms. The number of aromatic nitrogens is 2. The van der Waals surface area contributed by atoms with Crippen LogP contribution in [0.2, 0.25) is 0 Å². The molecule has 0 fully saturated rings. The van der Waals surface area contributed by atoms with Gasteiger partial charge in [-0.15, -0.1) is 0 Å². The molecule has 0 aliphatic heterocycles. The smallest absolute Gasteiger partial charge is 0.227 e. The number of hydrogen-bond donors (Lipinski definition) is 0. The first kappa shape index (κ1) is 17.3. The minimum absolute atomic E-state index is 0.369. The van der Waals surface area contributed by atoms with E-state index in [-0.39, 0.29) is 0 Å². The van der Waals surface area contributed by atoms with Crippen molar-refractivity contribution in [3.63, 3.8) is 0 Å². The van der Waals surface area contributed by atoms with E-state index in [1.54, 1.807) is 0 Å². The largest absolute Gasteiger partial charge is 0.350 e. The van der Waals surface area contributed by atoms with Gasteiger partial charge < -0.3 is 9.80 Å². The van der Waals surface area contributed by atoms with E-state index in [0.717, 1.165) is 37.1 Å². The van der Waals surface area contributed by atoms with E-state index in [2.05, 4.69) is 78.9 Å². The molecule has 0 spiro atoms. The summed E-state index contributed by atoms with van der Waals surface area (Å²) in [6, 6.07) is 13.0. The van der Waals surface area contributed by atoms with Gasteiger partial charge in [-0.05, 0) is 40.2 Å². The highest BCUT2D eigenvalue weighted by Gasteiger charge is 2.16. The summed E-state index contributed by atoms with van der Waals surface area (Å²) in [6.45, 7) is 13.4. The Bertz CT molecular complexity index is 606. The molecule has 124 valence electrons. The van der Waals surface area contributed by atoms with E-state index in [1.165, 1.54) is 5.56 Å². The number of nitrogens with zero attached hydrogens (tertiary/aromatic N) is 4. The van der Waals surface area contributed by atoms with Gasteiger partial charge in [0.25, 0.3) is 0 Å². The van der Waals surface area contributed by atoms with Gasteiger partial charge in [0.05, 0.1) is 0 Å². The van der Waals surface area contributed by atoms with Gasteiger partial charge in [0.2, 0.25) is 5.95 Å². The van der Waals surface area contributed by atoms with Gasteiger partial charge in [-0.25, -0.2) is 4.98 Å². The highest BCUT2D eigenvalue weighted by Crippen LogP contribution is 2.21. The fourth-order valence-corrected chi connectivity index (χ4v) is 2.64. The van der Waals surface area contributed by atoms with Crippen LogP contribution in [-0.4, -0.2) is 29.1 Å². The lowest BCUT2D eigenvalue weighted by Crippen LogP contribution is -2.32. The van der Waals surface area contributed by atoms with E-state index < -0.39 is 0 Å². The molecule has 0 amide bonds. The molecule has 0 atom stereocenters. The van der Waals surface area contributed by atoms with Crippen LogP contribution < -0.4 is 9.80 Å². The second-order valence-corrected chi connectivity index (χ2v) is 6.05. The van der Waals surface area contributed by atoms with Crippen molar-refractivity contribution in [3.8, 4) is 0 Å². The normalized spacial score (nSPS) is 10.9. The van der Waals surface area contributed by atoms with Crippen molar-refractivity contribution in [2.75, 3.05) is 22.9 Å². The van der Waals surface area contributed by atoms with E-state index in [4.69, 9.17) is 4.98 Å². The Hall–Kier alpha value is -2.10. The van der Waals surface area contributed by atoms with E-state index in [9.17, 15) is 0 Å². The average molecular weight is 312 g/mol. The molecule has 1 aromatic carbocycles. The third-order valence-corrected chi connectivity index (χ3v) is 3.99. The summed E-state index contributed by atoms with van der Waals surface area (Å²) in [6.07, 6.45) is 0. The minimum atomic E-state index is 0.369. The van der Waals surface area contributed by atoms with Crippen molar-refractivity contribution < 1.29 is 0 Å².